The molecule has 1 aliphatic carbocycles. The molecule has 2 aliphatic rings. The van der Waals surface area contributed by atoms with Gasteiger partial charge in [-0.05, 0) is 38.6 Å². The molecule has 0 aromatic rings. The minimum absolute atomic E-state index is 0.513. The van der Waals surface area contributed by atoms with Gasteiger partial charge in [-0.15, -0.1) is 0 Å². The van der Waals surface area contributed by atoms with Crippen molar-refractivity contribution in [3.05, 3.63) is 0 Å². The van der Waals surface area contributed by atoms with Crippen molar-refractivity contribution in [1.29, 1.82) is 0 Å². The fraction of sp³-hybridized carbons (Fsp3) is 0.938. The molecule has 0 bridgehead atoms. The average molecular weight is 283 g/mol. The van der Waals surface area contributed by atoms with Crippen molar-refractivity contribution in [2.75, 3.05) is 33.4 Å². The van der Waals surface area contributed by atoms with Crippen molar-refractivity contribution in [3.8, 4) is 0 Å². The molecule has 0 aromatic heterocycles. The summed E-state index contributed by atoms with van der Waals surface area (Å²) in [5, 5.41) is 9.72. The van der Waals surface area contributed by atoms with E-state index in [1.165, 1.54) is 19.3 Å². The molecule has 0 amide bonds. The monoisotopic (exact) mass is 283 g/mol. The van der Waals surface area contributed by atoms with E-state index in [4.69, 9.17) is 4.74 Å². The van der Waals surface area contributed by atoms with Crippen LogP contribution in [0.2, 0.25) is 0 Å². The summed E-state index contributed by atoms with van der Waals surface area (Å²) in [5.41, 5.74) is -0.513. The molecule has 1 atom stereocenters. The van der Waals surface area contributed by atoms with Gasteiger partial charge in [0, 0.05) is 19.7 Å². The Bertz CT molecular complexity index is 305. The lowest BCUT2D eigenvalue weighted by Gasteiger charge is -2.35. The van der Waals surface area contributed by atoms with Crippen molar-refractivity contribution >= 4 is 5.97 Å². The summed E-state index contributed by atoms with van der Waals surface area (Å²) in [6.07, 6.45) is 8.54. The topological polar surface area (TPSA) is 49.8 Å². The molecule has 4 nitrogen and oxygen atoms in total. The lowest BCUT2D eigenvalue weighted by molar-refractivity contribution is -0.151. The van der Waals surface area contributed by atoms with E-state index < -0.39 is 11.4 Å². The number of aliphatic carboxylic acids is 1. The van der Waals surface area contributed by atoms with Gasteiger partial charge >= 0.3 is 5.97 Å². The number of rotatable bonds is 5. The Morgan fingerprint density at radius 3 is 2.50 bits per heavy atom. The van der Waals surface area contributed by atoms with Crippen LogP contribution in [0.1, 0.15) is 51.4 Å². The highest BCUT2D eigenvalue weighted by Crippen LogP contribution is 2.36. The summed E-state index contributed by atoms with van der Waals surface area (Å²) >= 11 is 0. The van der Waals surface area contributed by atoms with E-state index >= 15 is 0 Å². The number of carbonyl (C=O) groups is 1. The molecule has 1 heterocycles. The van der Waals surface area contributed by atoms with Gasteiger partial charge in [-0.3, -0.25) is 4.79 Å². The molecule has 2 fully saturated rings. The number of carboxylic acids is 1. The number of hydrogen-bond acceptors (Lipinski definition) is 3. The highest BCUT2D eigenvalue weighted by Gasteiger charge is 2.39. The molecule has 1 saturated carbocycles. The smallest absolute Gasteiger partial charge is 0.310 e. The van der Waals surface area contributed by atoms with Crippen LogP contribution in [0.5, 0.6) is 0 Å². The number of carboxylic acid groups (broad SMARTS) is 1. The largest absolute Gasteiger partial charge is 0.481 e. The van der Waals surface area contributed by atoms with Gasteiger partial charge in [0.05, 0.1) is 12.0 Å². The number of ether oxygens (including phenoxy) is 1. The maximum Gasteiger partial charge on any atom is 0.310 e. The van der Waals surface area contributed by atoms with Crippen LogP contribution in [0.25, 0.3) is 0 Å². The van der Waals surface area contributed by atoms with E-state index in [-0.39, 0.29) is 0 Å². The first-order valence-electron chi connectivity index (χ1n) is 8.12. The first-order chi connectivity index (χ1) is 9.62. The Labute approximate surface area is 122 Å². The SMILES string of the molecule is CN(CC1CCCOC1)CC1(C(=O)O)CCCCCC1. The molecule has 116 valence electrons. The normalized spacial score (nSPS) is 27.2. The van der Waals surface area contributed by atoms with Gasteiger partial charge in [-0.25, -0.2) is 0 Å². The Morgan fingerprint density at radius 1 is 1.25 bits per heavy atom. The summed E-state index contributed by atoms with van der Waals surface area (Å²) < 4.78 is 5.52. The highest BCUT2D eigenvalue weighted by molar-refractivity contribution is 5.75. The lowest BCUT2D eigenvalue weighted by Crippen LogP contribution is -2.43. The second kappa shape index (κ2) is 7.41. The number of hydrogen-bond donors (Lipinski definition) is 1. The molecule has 20 heavy (non-hydrogen) atoms. The second-order valence-electron chi connectivity index (χ2n) is 6.78. The Morgan fingerprint density at radius 2 is 1.95 bits per heavy atom. The third kappa shape index (κ3) is 4.19. The summed E-state index contributed by atoms with van der Waals surface area (Å²) in [5.74, 6) is -0.0171. The summed E-state index contributed by atoms with van der Waals surface area (Å²) in [7, 11) is 2.07. The predicted octanol–water partition coefficient (Wildman–Crippen LogP) is 2.77. The molecular formula is C16H29NO3. The van der Waals surface area contributed by atoms with Crippen LogP contribution in [0.3, 0.4) is 0 Å². The third-order valence-electron chi connectivity index (χ3n) is 4.91. The van der Waals surface area contributed by atoms with Gasteiger partial charge < -0.3 is 14.7 Å². The Kier molecular flexibility index (Phi) is 5.85. The lowest BCUT2D eigenvalue weighted by atomic mass is 9.79. The van der Waals surface area contributed by atoms with Crippen molar-refractivity contribution < 1.29 is 14.6 Å². The van der Waals surface area contributed by atoms with Gasteiger partial charge in [-0.1, -0.05) is 25.7 Å². The van der Waals surface area contributed by atoms with Gasteiger partial charge in [0.1, 0.15) is 0 Å². The van der Waals surface area contributed by atoms with E-state index in [1.807, 2.05) is 0 Å². The predicted molar refractivity (Wildman–Crippen MR) is 78.8 cm³/mol. The molecule has 4 heteroatoms. The standard InChI is InChI=1S/C16H29NO3/c1-17(11-14-7-6-10-20-12-14)13-16(15(18)19)8-4-2-3-5-9-16/h14H,2-13H2,1H3,(H,18,19). The van der Waals surface area contributed by atoms with E-state index in [9.17, 15) is 9.90 Å². The van der Waals surface area contributed by atoms with Crippen LogP contribution < -0.4 is 0 Å². The van der Waals surface area contributed by atoms with Gasteiger partial charge in [0.15, 0.2) is 0 Å². The first kappa shape index (κ1) is 15.8. The summed E-state index contributed by atoms with van der Waals surface area (Å²) in [6.45, 7) is 3.39. The quantitative estimate of drug-likeness (QED) is 0.788. The highest BCUT2D eigenvalue weighted by atomic mass is 16.5. The van der Waals surface area contributed by atoms with E-state index in [1.54, 1.807) is 0 Å². The molecule has 0 aromatic carbocycles. The summed E-state index contributed by atoms with van der Waals surface area (Å²) in [6, 6.07) is 0. The van der Waals surface area contributed by atoms with Crippen molar-refractivity contribution in [2.45, 2.75) is 51.4 Å². The Hall–Kier alpha value is -0.610. The minimum Gasteiger partial charge on any atom is -0.481 e. The maximum atomic E-state index is 11.8. The Balaban J connectivity index is 1.90. The van der Waals surface area contributed by atoms with E-state index in [2.05, 4.69) is 11.9 Å². The first-order valence-corrected chi connectivity index (χ1v) is 8.12. The van der Waals surface area contributed by atoms with Crippen LogP contribution >= 0.6 is 0 Å². The van der Waals surface area contributed by atoms with Crippen molar-refractivity contribution in [1.82, 2.24) is 4.90 Å². The molecule has 1 N–H and O–H groups in total. The molecule has 0 radical (unpaired) electrons. The third-order valence-corrected chi connectivity index (χ3v) is 4.91. The second-order valence-corrected chi connectivity index (χ2v) is 6.78. The zero-order valence-corrected chi connectivity index (χ0v) is 12.8. The maximum absolute atomic E-state index is 11.8. The van der Waals surface area contributed by atoms with Gasteiger partial charge in [0.2, 0.25) is 0 Å². The van der Waals surface area contributed by atoms with Crippen molar-refractivity contribution in [3.63, 3.8) is 0 Å². The molecule has 1 unspecified atom stereocenters. The van der Waals surface area contributed by atoms with E-state index in [0.717, 1.165) is 51.9 Å². The van der Waals surface area contributed by atoms with Gasteiger partial charge in [0.25, 0.3) is 0 Å². The van der Waals surface area contributed by atoms with Crippen LogP contribution in [-0.2, 0) is 9.53 Å². The van der Waals surface area contributed by atoms with E-state index in [0.29, 0.717) is 12.5 Å². The molecule has 2 rings (SSSR count). The fourth-order valence-electron chi connectivity index (χ4n) is 3.82. The zero-order chi connectivity index (χ0) is 14.4. The zero-order valence-electron chi connectivity index (χ0n) is 12.8. The van der Waals surface area contributed by atoms with Crippen LogP contribution in [0.15, 0.2) is 0 Å². The van der Waals surface area contributed by atoms with Gasteiger partial charge in [-0.2, -0.15) is 0 Å². The molecule has 1 aliphatic heterocycles. The van der Waals surface area contributed by atoms with Crippen LogP contribution in [0, 0.1) is 11.3 Å². The molecular weight excluding hydrogens is 254 g/mol. The average Bonchev–Trinajstić information content (AvgIpc) is 2.66. The summed E-state index contributed by atoms with van der Waals surface area (Å²) in [4.78, 5) is 14.0. The van der Waals surface area contributed by atoms with Crippen LogP contribution in [0.4, 0.5) is 0 Å². The van der Waals surface area contributed by atoms with Crippen LogP contribution in [-0.4, -0.2) is 49.3 Å². The fourth-order valence-corrected chi connectivity index (χ4v) is 3.82. The number of nitrogens with zero attached hydrogens (tertiary/aromatic N) is 1. The minimum atomic E-state index is -0.592. The van der Waals surface area contributed by atoms with Crippen molar-refractivity contribution in [2.24, 2.45) is 11.3 Å². The molecule has 0 spiro atoms. The molecule has 1 saturated heterocycles.